The minimum Gasteiger partial charge on any atom is -0.398 e. The summed E-state index contributed by atoms with van der Waals surface area (Å²) in [5, 5.41) is 0. The summed E-state index contributed by atoms with van der Waals surface area (Å²) in [5.74, 6) is 0.968. The largest absolute Gasteiger partial charge is 0.398 e. The van der Waals surface area contributed by atoms with Gasteiger partial charge in [0.1, 0.15) is 0 Å². The van der Waals surface area contributed by atoms with Gasteiger partial charge in [-0.05, 0) is 42.7 Å². The lowest BCUT2D eigenvalue weighted by atomic mass is 10.1. The maximum absolute atomic E-state index is 5.92. The monoisotopic (exact) mass is 243 g/mol. The van der Waals surface area contributed by atoms with E-state index in [9.17, 15) is 0 Å². The van der Waals surface area contributed by atoms with Gasteiger partial charge >= 0.3 is 0 Å². The quantitative estimate of drug-likeness (QED) is 0.646. The summed E-state index contributed by atoms with van der Waals surface area (Å²) in [6.07, 6.45) is 0. The average Bonchev–Trinajstić information content (AvgIpc) is 2.32. The van der Waals surface area contributed by atoms with Crippen LogP contribution in [-0.2, 0) is 5.75 Å². The van der Waals surface area contributed by atoms with E-state index in [-0.39, 0.29) is 0 Å². The van der Waals surface area contributed by atoms with Crippen LogP contribution in [0, 0.1) is 13.8 Å². The van der Waals surface area contributed by atoms with Crippen LogP contribution in [0.5, 0.6) is 0 Å². The number of aryl methyl sites for hydroxylation is 2. The number of nitrogen functional groups attached to an aromatic ring is 1. The molecule has 0 unspecified atom stereocenters. The first-order valence-electron chi connectivity index (χ1n) is 5.70. The van der Waals surface area contributed by atoms with Crippen LogP contribution in [0.25, 0.3) is 0 Å². The molecule has 2 N–H and O–H groups in total. The second-order valence-corrected chi connectivity index (χ2v) is 5.26. The summed E-state index contributed by atoms with van der Waals surface area (Å²) in [7, 11) is 0. The molecule has 1 nitrogen and oxygen atoms in total. The number of nitrogens with two attached hydrogens (primary N) is 1. The smallest absolute Gasteiger partial charge is 0.0452 e. The molecule has 17 heavy (non-hydrogen) atoms. The van der Waals surface area contributed by atoms with E-state index < -0.39 is 0 Å². The first kappa shape index (κ1) is 12.1. The van der Waals surface area contributed by atoms with E-state index in [4.69, 9.17) is 5.73 Å². The minimum absolute atomic E-state index is 0.862. The Balaban J connectivity index is 2.08. The molecule has 0 amide bonds. The lowest BCUT2D eigenvalue weighted by Crippen LogP contribution is -1.89. The van der Waals surface area contributed by atoms with Gasteiger partial charge < -0.3 is 5.73 Å². The number of thioether (sulfide) groups is 1. The number of anilines is 1. The van der Waals surface area contributed by atoms with Gasteiger partial charge in [-0.3, -0.25) is 0 Å². The van der Waals surface area contributed by atoms with Gasteiger partial charge in [0.15, 0.2) is 0 Å². The van der Waals surface area contributed by atoms with Crippen molar-refractivity contribution in [2.24, 2.45) is 0 Å². The fourth-order valence-corrected chi connectivity index (χ4v) is 2.58. The van der Waals surface area contributed by atoms with Gasteiger partial charge in [0, 0.05) is 16.3 Å². The maximum Gasteiger partial charge on any atom is 0.0452 e. The van der Waals surface area contributed by atoms with Crippen LogP contribution < -0.4 is 5.73 Å². The summed E-state index contributed by atoms with van der Waals surface area (Å²) >= 11 is 1.79. The van der Waals surface area contributed by atoms with Crippen molar-refractivity contribution in [1.82, 2.24) is 0 Å². The highest BCUT2D eigenvalue weighted by Gasteiger charge is 2.01. The number of benzene rings is 2. The molecule has 2 heteroatoms. The topological polar surface area (TPSA) is 26.0 Å². The van der Waals surface area contributed by atoms with Crippen LogP contribution in [0.2, 0.25) is 0 Å². The zero-order valence-electron chi connectivity index (χ0n) is 10.2. The molecule has 2 rings (SSSR count). The second-order valence-electron chi connectivity index (χ2n) is 4.25. The van der Waals surface area contributed by atoms with Crippen LogP contribution in [0.1, 0.15) is 16.7 Å². The molecule has 0 atom stereocenters. The lowest BCUT2D eigenvalue weighted by molar-refractivity contribution is 1.28. The molecule has 88 valence electrons. The third-order valence-corrected chi connectivity index (χ3v) is 4.05. The molecule has 0 fully saturated rings. The maximum atomic E-state index is 5.92. The van der Waals surface area contributed by atoms with Crippen molar-refractivity contribution in [3.05, 3.63) is 59.2 Å². The van der Waals surface area contributed by atoms with E-state index in [1.165, 1.54) is 16.7 Å². The molecule has 0 radical (unpaired) electrons. The molecular weight excluding hydrogens is 226 g/mol. The van der Waals surface area contributed by atoms with Crippen molar-refractivity contribution in [2.45, 2.75) is 24.5 Å². The summed E-state index contributed by atoms with van der Waals surface area (Å²) in [6, 6.07) is 14.6. The van der Waals surface area contributed by atoms with E-state index in [1.807, 2.05) is 18.2 Å². The van der Waals surface area contributed by atoms with Crippen LogP contribution in [0.3, 0.4) is 0 Å². The summed E-state index contributed by atoms with van der Waals surface area (Å²) in [4.78, 5) is 1.16. The van der Waals surface area contributed by atoms with Crippen molar-refractivity contribution in [2.75, 3.05) is 5.73 Å². The highest BCUT2D eigenvalue weighted by Crippen LogP contribution is 2.28. The van der Waals surface area contributed by atoms with Gasteiger partial charge in [-0.1, -0.05) is 30.3 Å². The number of hydrogen-bond donors (Lipinski definition) is 1. The third kappa shape index (κ3) is 3.04. The Morgan fingerprint density at radius 1 is 1.00 bits per heavy atom. The van der Waals surface area contributed by atoms with Gasteiger partial charge in [0.2, 0.25) is 0 Å². The van der Waals surface area contributed by atoms with Crippen molar-refractivity contribution in [3.63, 3.8) is 0 Å². The summed E-state index contributed by atoms with van der Waals surface area (Å²) < 4.78 is 0. The third-order valence-electron chi connectivity index (χ3n) is 2.88. The van der Waals surface area contributed by atoms with Gasteiger partial charge in [0.05, 0.1) is 0 Å². The van der Waals surface area contributed by atoms with Crippen molar-refractivity contribution in [1.29, 1.82) is 0 Å². The van der Waals surface area contributed by atoms with Gasteiger partial charge in [-0.15, -0.1) is 11.8 Å². The zero-order chi connectivity index (χ0) is 12.3. The van der Waals surface area contributed by atoms with Crippen LogP contribution in [0.15, 0.2) is 47.4 Å². The van der Waals surface area contributed by atoms with E-state index >= 15 is 0 Å². The molecule has 0 bridgehead atoms. The van der Waals surface area contributed by atoms with Gasteiger partial charge in [-0.25, -0.2) is 0 Å². The summed E-state index contributed by atoms with van der Waals surface area (Å²) in [6.45, 7) is 4.29. The Labute approximate surface area is 107 Å². The van der Waals surface area contributed by atoms with Crippen molar-refractivity contribution in [3.8, 4) is 0 Å². The molecule has 0 heterocycles. The standard InChI is InChI=1S/C15H17NS/c1-11-7-8-13(9-12(11)2)10-17-15-6-4-3-5-14(15)16/h3-9H,10,16H2,1-2H3. The zero-order valence-corrected chi connectivity index (χ0v) is 11.1. The van der Waals surface area contributed by atoms with Crippen LogP contribution in [-0.4, -0.2) is 0 Å². The molecule has 2 aromatic rings. The average molecular weight is 243 g/mol. The Morgan fingerprint density at radius 2 is 1.76 bits per heavy atom. The number of para-hydroxylation sites is 1. The predicted octanol–water partition coefficient (Wildman–Crippen LogP) is 4.18. The molecular formula is C15H17NS. The Morgan fingerprint density at radius 3 is 2.47 bits per heavy atom. The van der Waals surface area contributed by atoms with Crippen molar-refractivity contribution < 1.29 is 0 Å². The van der Waals surface area contributed by atoms with E-state index in [0.717, 1.165) is 16.3 Å². The van der Waals surface area contributed by atoms with Crippen LogP contribution >= 0.6 is 11.8 Å². The SMILES string of the molecule is Cc1ccc(CSc2ccccc2N)cc1C. The Bertz CT molecular complexity index is 520. The van der Waals surface area contributed by atoms with E-state index in [2.05, 4.69) is 38.1 Å². The second kappa shape index (κ2) is 5.28. The van der Waals surface area contributed by atoms with Gasteiger partial charge in [0.25, 0.3) is 0 Å². The Kier molecular flexibility index (Phi) is 3.75. The lowest BCUT2D eigenvalue weighted by Gasteiger charge is -2.07. The molecule has 0 spiro atoms. The van der Waals surface area contributed by atoms with E-state index in [1.54, 1.807) is 11.8 Å². The normalized spacial score (nSPS) is 10.5. The molecule has 0 saturated carbocycles. The molecule has 0 aromatic heterocycles. The van der Waals surface area contributed by atoms with Gasteiger partial charge in [-0.2, -0.15) is 0 Å². The molecule has 0 aliphatic rings. The fourth-order valence-electron chi connectivity index (χ4n) is 1.67. The predicted molar refractivity (Wildman–Crippen MR) is 76.3 cm³/mol. The number of hydrogen-bond acceptors (Lipinski definition) is 2. The molecule has 0 aliphatic carbocycles. The molecule has 0 saturated heterocycles. The summed E-state index contributed by atoms with van der Waals surface area (Å²) in [5.41, 5.74) is 10.8. The first-order valence-corrected chi connectivity index (χ1v) is 6.69. The highest BCUT2D eigenvalue weighted by atomic mass is 32.2. The molecule has 2 aromatic carbocycles. The van der Waals surface area contributed by atoms with Crippen molar-refractivity contribution >= 4 is 17.4 Å². The van der Waals surface area contributed by atoms with Crippen LogP contribution in [0.4, 0.5) is 5.69 Å². The molecule has 0 aliphatic heterocycles. The highest BCUT2D eigenvalue weighted by molar-refractivity contribution is 7.98. The fraction of sp³-hybridized carbons (Fsp3) is 0.200. The Hall–Kier alpha value is -1.41. The first-order chi connectivity index (χ1) is 8.16. The van der Waals surface area contributed by atoms with E-state index in [0.29, 0.717) is 0 Å². The number of rotatable bonds is 3. The minimum atomic E-state index is 0.862.